The second-order valence-corrected chi connectivity index (χ2v) is 3.20. The summed E-state index contributed by atoms with van der Waals surface area (Å²) in [6.45, 7) is 3.42. The standard InChI is InChI=1S/C12H13NO/c1-2-4-12(5-3-1)6-7-13-8-10-14-11-9-13/h1-5H,8-11H2. The van der Waals surface area contributed by atoms with E-state index < -0.39 is 0 Å². The van der Waals surface area contributed by atoms with E-state index in [9.17, 15) is 0 Å². The minimum Gasteiger partial charge on any atom is -0.378 e. The van der Waals surface area contributed by atoms with Crippen LogP contribution in [-0.2, 0) is 4.74 Å². The van der Waals surface area contributed by atoms with E-state index in [1.165, 1.54) is 0 Å². The van der Waals surface area contributed by atoms with Crippen LogP contribution in [0.4, 0.5) is 0 Å². The molecule has 14 heavy (non-hydrogen) atoms. The molecule has 1 aliphatic heterocycles. The molecule has 0 N–H and O–H groups in total. The zero-order valence-electron chi connectivity index (χ0n) is 8.07. The highest BCUT2D eigenvalue weighted by Crippen LogP contribution is 1.97. The average Bonchev–Trinajstić information content (AvgIpc) is 2.29. The first-order chi connectivity index (χ1) is 6.95. The van der Waals surface area contributed by atoms with Crippen molar-refractivity contribution >= 4 is 0 Å². The van der Waals surface area contributed by atoms with E-state index in [1.807, 2.05) is 30.3 Å². The summed E-state index contributed by atoms with van der Waals surface area (Å²) in [6.07, 6.45) is 0. The molecule has 0 aromatic heterocycles. The lowest BCUT2D eigenvalue weighted by molar-refractivity contribution is 0.0638. The third-order valence-electron chi connectivity index (χ3n) is 2.14. The van der Waals surface area contributed by atoms with Crippen LogP contribution in [0.15, 0.2) is 30.3 Å². The van der Waals surface area contributed by atoms with Crippen molar-refractivity contribution in [3.8, 4) is 12.0 Å². The van der Waals surface area contributed by atoms with E-state index in [4.69, 9.17) is 4.74 Å². The second-order valence-electron chi connectivity index (χ2n) is 3.20. The number of benzene rings is 1. The smallest absolute Gasteiger partial charge is 0.0649 e. The molecule has 0 amide bonds. The number of morpholine rings is 1. The van der Waals surface area contributed by atoms with Gasteiger partial charge in [-0.15, -0.1) is 0 Å². The van der Waals surface area contributed by atoms with E-state index in [0.29, 0.717) is 0 Å². The summed E-state index contributed by atoms with van der Waals surface area (Å²) in [5, 5.41) is 0. The zero-order chi connectivity index (χ0) is 9.64. The first-order valence-corrected chi connectivity index (χ1v) is 4.84. The van der Waals surface area contributed by atoms with Crippen LogP contribution in [0, 0.1) is 12.0 Å². The van der Waals surface area contributed by atoms with Crippen LogP contribution in [0.1, 0.15) is 5.56 Å². The lowest BCUT2D eigenvalue weighted by Gasteiger charge is -2.22. The molecule has 0 bridgehead atoms. The van der Waals surface area contributed by atoms with Crippen molar-refractivity contribution < 1.29 is 4.74 Å². The fraction of sp³-hybridized carbons (Fsp3) is 0.333. The highest BCUT2D eigenvalue weighted by atomic mass is 16.5. The van der Waals surface area contributed by atoms with Gasteiger partial charge in [-0.25, -0.2) is 0 Å². The van der Waals surface area contributed by atoms with E-state index in [0.717, 1.165) is 31.9 Å². The summed E-state index contributed by atoms with van der Waals surface area (Å²) in [5.41, 5.74) is 1.07. The summed E-state index contributed by atoms with van der Waals surface area (Å²) in [5.74, 6) is 3.13. The molecule has 2 nitrogen and oxygen atoms in total. The Morgan fingerprint density at radius 3 is 2.50 bits per heavy atom. The van der Waals surface area contributed by atoms with Crippen molar-refractivity contribution in [1.82, 2.24) is 4.90 Å². The van der Waals surface area contributed by atoms with Gasteiger partial charge in [0.15, 0.2) is 0 Å². The summed E-state index contributed by atoms with van der Waals surface area (Å²) < 4.78 is 5.24. The molecule has 0 aliphatic carbocycles. The van der Waals surface area contributed by atoms with Gasteiger partial charge in [0.2, 0.25) is 0 Å². The van der Waals surface area contributed by atoms with Gasteiger partial charge in [-0.1, -0.05) is 18.2 Å². The minimum absolute atomic E-state index is 0.795. The topological polar surface area (TPSA) is 12.5 Å². The van der Waals surface area contributed by atoms with E-state index in [2.05, 4.69) is 16.9 Å². The molecule has 1 aliphatic rings. The molecule has 72 valence electrons. The first kappa shape index (κ1) is 9.11. The molecule has 0 atom stereocenters. The monoisotopic (exact) mass is 187 g/mol. The minimum atomic E-state index is 0.795. The molecule has 2 rings (SSSR count). The molecule has 0 unspecified atom stereocenters. The fourth-order valence-corrected chi connectivity index (χ4v) is 1.34. The highest BCUT2D eigenvalue weighted by molar-refractivity contribution is 5.33. The number of hydrogen-bond acceptors (Lipinski definition) is 2. The van der Waals surface area contributed by atoms with E-state index >= 15 is 0 Å². The second kappa shape index (κ2) is 4.69. The van der Waals surface area contributed by atoms with Crippen LogP contribution in [0.25, 0.3) is 0 Å². The summed E-state index contributed by atoms with van der Waals surface area (Å²) in [6, 6.07) is 13.2. The number of ether oxygens (including phenoxy) is 1. The van der Waals surface area contributed by atoms with Crippen molar-refractivity contribution in [3.05, 3.63) is 35.9 Å². The van der Waals surface area contributed by atoms with Crippen molar-refractivity contribution in [2.75, 3.05) is 26.3 Å². The Balaban J connectivity index is 1.99. The molecule has 1 heterocycles. The van der Waals surface area contributed by atoms with Crippen LogP contribution in [-0.4, -0.2) is 31.2 Å². The van der Waals surface area contributed by atoms with Crippen molar-refractivity contribution in [2.45, 2.75) is 0 Å². The highest BCUT2D eigenvalue weighted by Gasteiger charge is 2.04. The summed E-state index contributed by atoms with van der Waals surface area (Å²) in [7, 11) is 0. The Morgan fingerprint density at radius 1 is 1.07 bits per heavy atom. The summed E-state index contributed by atoms with van der Waals surface area (Å²) in [4.78, 5) is 2.11. The van der Waals surface area contributed by atoms with Gasteiger partial charge in [-0.05, 0) is 18.1 Å². The fourth-order valence-electron chi connectivity index (χ4n) is 1.34. The summed E-state index contributed by atoms with van der Waals surface area (Å²) >= 11 is 0. The molecule has 0 radical (unpaired) electrons. The molecule has 1 aromatic rings. The zero-order valence-corrected chi connectivity index (χ0v) is 8.07. The Labute approximate surface area is 84.5 Å². The van der Waals surface area contributed by atoms with Crippen LogP contribution in [0.2, 0.25) is 0 Å². The molecular weight excluding hydrogens is 174 g/mol. The molecule has 0 spiro atoms. The Bertz CT molecular complexity index is 330. The van der Waals surface area contributed by atoms with Crippen LogP contribution >= 0.6 is 0 Å². The predicted octanol–water partition coefficient (Wildman–Crippen LogP) is 1.33. The molecule has 1 saturated heterocycles. The predicted molar refractivity (Wildman–Crippen MR) is 55.7 cm³/mol. The van der Waals surface area contributed by atoms with Gasteiger partial charge in [0.25, 0.3) is 0 Å². The Hall–Kier alpha value is -1.46. The Kier molecular flexibility index (Phi) is 3.05. The number of rotatable bonds is 0. The third-order valence-corrected chi connectivity index (χ3v) is 2.14. The van der Waals surface area contributed by atoms with Gasteiger partial charge >= 0.3 is 0 Å². The van der Waals surface area contributed by atoms with E-state index in [1.54, 1.807) is 0 Å². The maximum absolute atomic E-state index is 5.24. The van der Waals surface area contributed by atoms with Crippen LogP contribution < -0.4 is 0 Å². The maximum Gasteiger partial charge on any atom is 0.0649 e. The van der Waals surface area contributed by atoms with Crippen LogP contribution in [0.3, 0.4) is 0 Å². The third kappa shape index (κ3) is 2.51. The lowest BCUT2D eigenvalue weighted by Crippen LogP contribution is -2.32. The normalized spacial score (nSPS) is 15.9. The first-order valence-electron chi connectivity index (χ1n) is 4.84. The molecule has 0 saturated carbocycles. The number of nitrogens with zero attached hydrogens (tertiary/aromatic N) is 1. The molecule has 1 aromatic carbocycles. The average molecular weight is 187 g/mol. The molecular formula is C12H13NO. The number of hydrogen-bond donors (Lipinski definition) is 0. The maximum atomic E-state index is 5.24. The van der Waals surface area contributed by atoms with Crippen molar-refractivity contribution in [1.29, 1.82) is 0 Å². The van der Waals surface area contributed by atoms with E-state index in [-0.39, 0.29) is 0 Å². The largest absolute Gasteiger partial charge is 0.378 e. The van der Waals surface area contributed by atoms with Crippen molar-refractivity contribution in [2.24, 2.45) is 0 Å². The quantitative estimate of drug-likeness (QED) is 0.568. The van der Waals surface area contributed by atoms with Gasteiger partial charge in [-0.3, -0.25) is 0 Å². The van der Waals surface area contributed by atoms with Gasteiger partial charge in [-0.2, -0.15) is 0 Å². The lowest BCUT2D eigenvalue weighted by atomic mass is 10.2. The van der Waals surface area contributed by atoms with Gasteiger partial charge < -0.3 is 9.64 Å². The van der Waals surface area contributed by atoms with Crippen molar-refractivity contribution in [3.63, 3.8) is 0 Å². The van der Waals surface area contributed by atoms with Gasteiger partial charge in [0.1, 0.15) is 0 Å². The molecule has 1 fully saturated rings. The molecule has 2 heteroatoms. The Morgan fingerprint density at radius 2 is 1.79 bits per heavy atom. The van der Waals surface area contributed by atoms with Gasteiger partial charge in [0.05, 0.1) is 13.2 Å². The van der Waals surface area contributed by atoms with Gasteiger partial charge in [0, 0.05) is 24.7 Å². The van der Waals surface area contributed by atoms with Crippen LogP contribution in [0.5, 0.6) is 0 Å². The SMILES string of the molecule is C(#CN1CCOCC1)c1ccccc1.